The van der Waals surface area contributed by atoms with Gasteiger partial charge in [-0.25, -0.2) is 0 Å². The second kappa shape index (κ2) is 25.1. The van der Waals surface area contributed by atoms with Gasteiger partial charge >= 0.3 is 0 Å². The zero-order chi connectivity index (χ0) is 61.4. The van der Waals surface area contributed by atoms with Crippen molar-refractivity contribution < 1.29 is 57.2 Å². The number of nitrogens with zero attached hydrogens (tertiary/aromatic N) is 5. The van der Waals surface area contributed by atoms with Gasteiger partial charge in [-0.2, -0.15) is 0 Å². The SMILES string of the molecule is COc1ccc(C2=CN3C(=O)c4cc(OC)c(OCCCOc5cc6c(cc5OC)C(=O)N5C=C(c7ccc(NC(=O)[C@H](C)NC(=O)C(NC(=O)CCCCN8C(=O)C9C%10C=C(C(C)C)C(C%10)C9C8=O)C(C)C)cc7)CC5C=N6)cc4N=C[C@@H]3C2)cc1. The maximum absolute atomic E-state index is 14.2. The van der Waals surface area contributed by atoms with E-state index in [0.717, 1.165) is 34.4 Å². The van der Waals surface area contributed by atoms with Gasteiger partial charge < -0.3 is 49.4 Å². The van der Waals surface area contributed by atoms with Gasteiger partial charge in [0.25, 0.3) is 11.8 Å². The van der Waals surface area contributed by atoms with Gasteiger partial charge in [-0.3, -0.25) is 48.4 Å². The number of rotatable bonds is 23. The molecule has 2 fully saturated rings. The number of anilines is 1. The molecule has 2 bridgehead atoms. The van der Waals surface area contributed by atoms with Crippen LogP contribution in [-0.4, -0.2) is 134 Å². The highest BCUT2D eigenvalue weighted by atomic mass is 16.5. The van der Waals surface area contributed by atoms with Crippen molar-refractivity contribution in [3.63, 3.8) is 0 Å². The lowest BCUT2D eigenvalue weighted by molar-refractivity contribution is -0.140. The van der Waals surface area contributed by atoms with E-state index in [2.05, 4.69) is 35.9 Å². The van der Waals surface area contributed by atoms with Crippen LogP contribution in [0.4, 0.5) is 17.1 Å². The molecule has 6 unspecified atom stereocenters. The third-order valence-electron chi connectivity index (χ3n) is 17.7. The lowest BCUT2D eigenvalue weighted by atomic mass is 9.78. The summed E-state index contributed by atoms with van der Waals surface area (Å²) in [5.74, 6) is 0.287. The molecule has 5 heterocycles. The van der Waals surface area contributed by atoms with Crippen LogP contribution < -0.4 is 39.6 Å². The zero-order valence-corrected chi connectivity index (χ0v) is 50.3. The summed E-state index contributed by atoms with van der Waals surface area (Å²) in [6.45, 7) is 10.2. The fraction of sp³-hybridized carbons (Fsp3) is 0.418. The van der Waals surface area contributed by atoms with Crippen LogP contribution in [0.15, 0.2) is 107 Å². The van der Waals surface area contributed by atoms with Crippen LogP contribution in [0.3, 0.4) is 0 Å². The first kappa shape index (κ1) is 59.7. The number of carbonyl (C=O) groups excluding carboxylic acids is 7. The molecule has 5 aliphatic heterocycles. The average molecular weight is 1180 g/mol. The number of likely N-dealkylation sites (tertiary alicyclic amines) is 1. The number of carbonyl (C=O) groups is 7. The van der Waals surface area contributed by atoms with Gasteiger partial charge in [0.05, 0.1) is 81.0 Å². The minimum atomic E-state index is -0.938. The Balaban J connectivity index is 0.629. The molecule has 4 aromatic rings. The maximum atomic E-state index is 14.2. The van der Waals surface area contributed by atoms with E-state index in [0.29, 0.717) is 89.2 Å². The lowest BCUT2D eigenvalue weighted by Crippen LogP contribution is -2.53. The fourth-order valence-electron chi connectivity index (χ4n) is 13.1. The zero-order valence-electron chi connectivity index (χ0n) is 50.3. The third-order valence-corrected chi connectivity index (χ3v) is 17.7. The normalized spacial score (nSPS) is 21.9. The maximum Gasteiger partial charge on any atom is 0.260 e. The summed E-state index contributed by atoms with van der Waals surface area (Å²) in [4.78, 5) is 109. The van der Waals surface area contributed by atoms with Crippen LogP contribution in [0.2, 0.25) is 0 Å². The van der Waals surface area contributed by atoms with Crippen molar-refractivity contribution in [1.82, 2.24) is 25.3 Å². The van der Waals surface area contributed by atoms with Gasteiger partial charge in [-0.1, -0.05) is 63.6 Å². The molecular weight excluding hydrogens is 1110 g/mol. The number of ether oxygens (including phenoxy) is 5. The van der Waals surface area contributed by atoms with Crippen LogP contribution in [0.5, 0.6) is 28.7 Å². The van der Waals surface area contributed by atoms with E-state index in [1.165, 1.54) is 24.7 Å². The summed E-state index contributed by atoms with van der Waals surface area (Å²) in [5, 5.41) is 8.43. The van der Waals surface area contributed by atoms with Crippen LogP contribution in [0, 0.1) is 35.5 Å². The average Bonchev–Trinajstić information content (AvgIpc) is 1.62. The summed E-state index contributed by atoms with van der Waals surface area (Å²) >= 11 is 0. The number of allylic oxidation sites excluding steroid dienone is 2. The standard InChI is InChI=1S/C67H74N8O12/c1-36(2)48-26-41-27-49(48)60-59(41)66(81)73(67(60)82)21-10-9-12-58(76)72-61(37(3)4)63(78)70-38(5)62(77)71-44-17-13-39(14-18-44)42-24-45-32-68-52-30-56(54(84-7)28-50(52)64(79)74(45)34-42)86-22-11-23-87-57-31-53-51(29-55(57)85-8)65(80)75-35-43(25-46(75)33-69-53)40-15-19-47(83-6)20-16-40/h13-20,26,28-38,41,45-46,49,59-61H,9-12,21-25,27H2,1-8H3,(H,70,78)(H,71,77)(H,72,76)/t38-,41?,45?,46-,49?,59?,60?,61?/m0/s1. The molecule has 20 heteroatoms. The Kier molecular flexibility index (Phi) is 17.2. The third kappa shape index (κ3) is 12.0. The molecule has 3 N–H and O–H groups in total. The molecule has 4 aromatic carbocycles. The number of amides is 7. The van der Waals surface area contributed by atoms with Crippen molar-refractivity contribution >= 4 is 82.0 Å². The monoisotopic (exact) mass is 1180 g/mol. The van der Waals surface area contributed by atoms with E-state index in [9.17, 15) is 33.6 Å². The van der Waals surface area contributed by atoms with Crippen molar-refractivity contribution in [3.05, 3.63) is 119 Å². The summed E-state index contributed by atoms with van der Waals surface area (Å²) in [5.41, 5.74) is 7.24. The number of aliphatic imine (C=N–C) groups is 2. The van der Waals surface area contributed by atoms with Crippen LogP contribution in [0.25, 0.3) is 11.1 Å². The van der Waals surface area contributed by atoms with Crippen molar-refractivity contribution in [2.24, 2.45) is 45.5 Å². The quantitative estimate of drug-likeness (QED) is 0.0358. The molecule has 8 atom stereocenters. The number of unbranched alkanes of at least 4 members (excludes halogenated alkanes) is 1. The van der Waals surface area contributed by atoms with E-state index in [-0.39, 0.29) is 97.4 Å². The fourth-order valence-corrected chi connectivity index (χ4v) is 13.1. The van der Waals surface area contributed by atoms with Gasteiger partial charge in [0, 0.05) is 74.9 Å². The lowest BCUT2D eigenvalue weighted by Gasteiger charge is -2.24. The molecule has 1 saturated carbocycles. The summed E-state index contributed by atoms with van der Waals surface area (Å²) < 4.78 is 29.0. The molecule has 2 aliphatic carbocycles. The Bertz CT molecular complexity index is 3570. The topological polar surface area (TPSA) is 236 Å². The first-order valence-electron chi connectivity index (χ1n) is 30.0. The van der Waals surface area contributed by atoms with Gasteiger partial charge in [0.2, 0.25) is 29.5 Å². The van der Waals surface area contributed by atoms with Crippen molar-refractivity contribution in [2.45, 2.75) is 104 Å². The first-order chi connectivity index (χ1) is 41.9. The highest BCUT2D eigenvalue weighted by Crippen LogP contribution is 2.57. The number of nitrogens with one attached hydrogen (secondary N) is 3. The van der Waals surface area contributed by atoms with Gasteiger partial charge in [-0.15, -0.1) is 0 Å². The van der Waals surface area contributed by atoms with Crippen LogP contribution >= 0.6 is 0 Å². The number of hydrogen-bond acceptors (Lipinski definition) is 14. The van der Waals surface area contributed by atoms with E-state index in [4.69, 9.17) is 33.7 Å². The molecule has 454 valence electrons. The Morgan fingerprint density at radius 3 is 1.71 bits per heavy atom. The first-order valence-corrected chi connectivity index (χ1v) is 30.0. The number of hydrogen-bond donors (Lipinski definition) is 3. The number of methoxy groups -OCH3 is 3. The highest BCUT2D eigenvalue weighted by Gasteiger charge is 2.61. The molecule has 0 spiro atoms. The predicted molar refractivity (Wildman–Crippen MR) is 328 cm³/mol. The minimum absolute atomic E-state index is 0.0859. The van der Waals surface area contributed by atoms with Crippen LogP contribution in [-0.2, 0) is 24.0 Å². The second-order valence-corrected chi connectivity index (χ2v) is 23.9. The molecule has 11 rings (SSSR count). The molecule has 7 amide bonds. The van der Waals surface area contributed by atoms with Gasteiger partial charge in [0.1, 0.15) is 17.8 Å². The van der Waals surface area contributed by atoms with Crippen LogP contribution in [0.1, 0.15) is 111 Å². The Hall–Kier alpha value is -9.07. The van der Waals surface area contributed by atoms with E-state index < -0.39 is 23.9 Å². The Labute approximate surface area is 506 Å². The van der Waals surface area contributed by atoms with E-state index >= 15 is 0 Å². The van der Waals surface area contributed by atoms with E-state index in [1.54, 1.807) is 72.7 Å². The molecular formula is C67H74N8O12. The number of benzene rings is 4. The minimum Gasteiger partial charge on any atom is -0.497 e. The van der Waals surface area contributed by atoms with Crippen molar-refractivity contribution in [1.29, 1.82) is 0 Å². The molecule has 20 nitrogen and oxygen atoms in total. The highest BCUT2D eigenvalue weighted by molar-refractivity contribution is 6.08. The van der Waals surface area contributed by atoms with Crippen molar-refractivity contribution in [3.8, 4) is 28.7 Å². The summed E-state index contributed by atoms with van der Waals surface area (Å²) in [6.07, 6.45) is 12.9. The number of imide groups is 1. The Morgan fingerprint density at radius 1 is 0.632 bits per heavy atom. The van der Waals surface area contributed by atoms with Gasteiger partial charge in [0.15, 0.2) is 23.0 Å². The molecule has 0 aromatic heterocycles. The smallest absolute Gasteiger partial charge is 0.260 e. The van der Waals surface area contributed by atoms with Crippen molar-refractivity contribution in [2.75, 3.05) is 46.4 Å². The molecule has 1 saturated heterocycles. The number of fused-ring (bicyclic) bond motifs is 9. The van der Waals surface area contributed by atoms with Gasteiger partial charge in [-0.05, 0) is 109 Å². The Morgan fingerprint density at radius 2 is 1.18 bits per heavy atom. The largest absolute Gasteiger partial charge is 0.497 e. The molecule has 87 heavy (non-hydrogen) atoms. The summed E-state index contributed by atoms with van der Waals surface area (Å²) in [6, 6.07) is 19.3. The molecule has 7 aliphatic rings. The summed E-state index contributed by atoms with van der Waals surface area (Å²) in [7, 11) is 4.66. The van der Waals surface area contributed by atoms with E-state index in [1.807, 2.05) is 62.6 Å². The second-order valence-electron chi connectivity index (χ2n) is 23.9. The molecule has 0 radical (unpaired) electrons. The predicted octanol–water partition coefficient (Wildman–Crippen LogP) is 9.09.